The van der Waals surface area contributed by atoms with Gasteiger partial charge in [0.05, 0.1) is 17.7 Å². The van der Waals surface area contributed by atoms with E-state index in [4.69, 9.17) is 9.47 Å². The maximum absolute atomic E-state index is 12.5. The van der Waals surface area contributed by atoms with Gasteiger partial charge in [0.25, 0.3) is 0 Å². The molecule has 2 rings (SSSR count). The van der Waals surface area contributed by atoms with E-state index in [9.17, 15) is 9.59 Å². The lowest BCUT2D eigenvalue weighted by Crippen LogP contribution is -3.12. The van der Waals surface area contributed by atoms with Gasteiger partial charge in [-0.2, -0.15) is 0 Å². The molecule has 5 nitrogen and oxygen atoms in total. The smallest absolute Gasteiger partial charge is 0.340 e. The first-order valence-corrected chi connectivity index (χ1v) is 15.6. The molecule has 0 aliphatic carbocycles. The van der Waals surface area contributed by atoms with Crippen LogP contribution in [0.5, 0.6) is 0 Å². The highest BCUT2D eigenvalue weighted by molar-refractivity contribution is 14.1. The molecule has 0 aromatic heterocycles. The van der Waals surface area contributed by atoms with Crippen LogP contribution in [0.2, 0.25) is 0 Å². The highest BCUT2D eigenvalue weighted by Gasteiger charge is 2.19. The zero-order valence-electron chi connectivity index (χ0n) is 16.2. The zero-order chi connectivity index (χ0) is 23.1. The van der Waals surface area contributed by atoms with Gasteiger partial charge in [-0.15, -0.1) is 0 Å². The lowest BCUT2D eigenvalue weighted by atomic mass is 10.2. The molecular formula is C20H18I6NO4+. The summed E-state index contributed by atoms with van der Waals surface area (Å²) in [5, 5.41) is 0. The summed E-state index contributed by atoms with van der Waals surface area (Å²) in [6.45, 7) is 4.88. The number of rotatable bonds is 9. The van der Waals surface area contributed by atoms with E-state index in [0.29, 0.717) is 37.4 Å². The van der Waals surface area contributed by atoms with Crippen molar-refractivity contribution >= 4 is 147 Å². The minimum atomic E-state index is -0.300. The van der Waals surface area contributed by atoms with Gasteiger partial charge >= 0.3 is 11.9 Å². The van der Waals surface area contributed by atoms with Crippen LogP contribution >= 0.6 is 136 Å². The monoisotopic (exact) mass is 1100 g/mol. The molecular weight excluding hydrogens is 1080 g/mol. The number of hydrogen-bond acceptors (Lipinski definition) is 4. The first-order chi connectivity index (χ1) is 14.6. The Bertz CT molecular complexity index is 969. The molecule has 0 saturated carbocycles. The van der Waals surface area contributed by atoms with Crippen LogP contribution in [0.1, 0.15) is 27.6 Å². The van der Waals surface area contributed by atoms with Gasteiger partial charge in [0.1, 0.15) is 26.3 Å². The van der Waals surface area contributed by atoms with Gasteiger partial charge in [-0.25, -0.2) is 9.59 Å². The minimum Gasteiger partial charge on any atom is -0.456 e. The van der Waals surface area contributed by atoms with Crippen molar-refractivity contribution in [3.63, 3.8) is 0 Å². The Morgan fingerprint density at radius 3 is 2.00 bits per heavy atom. The quantitative estimate of drug-likeness (QED) is 0.213. The molecule has 0 aliphatic heterocycles. The fourth-order valence-corrected chi connectivity index (χ4v) is 7.33. The van der Waals surface area contributed by atoms with Crippen LogP contribution in [0.4, 0.5) is 0 Å². The van der Waals surface area contributed by atoms with E-state index >= 15 is 0 Å². The van der Waals surface area contributed by atoms with Gasteiger partial charge in [0.15, 0.2) is 0 Å². The number of benzene rings is 2. The van der Waals surface area contributed by atoms with Crippen molar-refractivity contribution in [2.24, 2.45) is 0 Å². The van der Waals surface area contributed by atoms with Crippen molar-refractivity contribution in [1.29, 1.82) is 0 Å². The molecule has 31 heavy (non-hydrogen) atoms. The third-order valence-corrected chi connectivity index (χ3v) is 12.0. The van der Waals surface area contributed by atoms with Crippen molar-refractivity contribution in [2.75, 3.05) is 32.8 Å². The van der Waals surface area contributed by atoms with Crippen LogP contribution in [-0.4, -0.2) is 44.8 Å². The third kappa shape index (κ3) is 8.71. The van der Waals surface area contributed by atoms with Crippen molar-refractivity contribution in [2.45, 2.75) is 6.92 Å². The Hall–Kier alpha value is 1.72. The van der Waals surface area contributed by atoms with Gasteiger partial charge in [0, 0.05) is 21.4 Å². The molecule has 0 fully saturated rings. The first-order valence-electron chi connectivity index (χ1n) is 9.11. The van der Waals surface area contributed by atoms with E-state index in [1.165, 1.54) is 4.90 Å². The fourth-order valence-electron chi connectivity index (χ4n) is 2.62. The maximum Gasteiger partial charge on any atom is 0.340 e. The summed E-state index contributed by atoms with van der Waals surface area (Å²) < 4.78 is 16.8. The molecule has 0 amide bonds. The second-order valence-electron chi connectivity index (χ2n) is 6.34. The summed E-state index contributed by atoms with van der Waals surface area (Å²) in [6.07, 6.45) is 0. The second-order valence-corrected chi connectivity index (χ2v) is 13.2. The van der Waals surface area contributed by atoms with Crippen LogP contribution < -0.4 is 4.90 Å². The van der Waals surface area contributed by atoms with Crippen molar-refractivity contribution in [3.8, 4) is 0 Å². The van der Waals surface area contributed by atoms with Gasteiger partial charge in [-0.1, -0.05) is 0 Å². The number of hydrogen-bond donors (Lipinski definition) is 1. The normalized spacial score (nSPS) is 11.8. The predicted molar refractivity (Wildman–Crippen MR) is 171 cm³/mol. The number of likely N-dealkylation sites (N-methyl/N-ethyl adjacent to an activating group) is 1. The summed E-state index contributed by atoms with van der Waals surface area (Å²) >= 11 is 13.2. The van der Waals surface area contributed by atoms with Crippen LogP contribution in [-0.2, 0) is 9.47 Å². The SMILES string of the molecule is CC[NH+](CCOC(=O)c1cc(I)cc(I)c1I)CCOC(=O)c1c(I)ccc(I)c1I. The van der Waals surface area contributed by atoms with E-state index in [-0.39, 0.29) is 11.9 Å². The molecule has 1 N–H and O–H groups in total. The largest absolute Gasteiger partial charge is 0.456 e. The molecule has 0 aliphatic rings. The third-order valence-electron chi connectivity index (χ3n) is 4.34. The van der Waals surface area contributed by atoms with Crippen LogP contribution in [0, 0.1) is 21.4 Å². The Kier molecular flexibility index (Phi) is 13.4. The molecule has 0 bridgehead atoms. The Morgan fingerprint density at radius 1 is 0.806 bits per heavy atom. The number of halogens is 6. The first kappa shape index (κ1) is 29.0. The molecule has 2 aromatic carbocycles. The van der Waals surface area contributed by atoms with Gasteiger partial charge in [-0.3, -0.25) is 0 Å². The number of carbonyl (C=O) groups is 2. The number of esters is 2. The highest BCUT2D eigenvalue weighted by atomic mass is 127. The molecule has 0 saturated heterocycles. The van der Waals surface area contributed by atoms with Crippen LogP contribution in [0.25, 0.3) is 0 Å². The Morgan fingerprint density at radius 2 is 1.39 bits per heavy atom. The fraction of sp³-hybridized carbons (Fsp3) is 0.300. The summed E-state index contributed by atoms with van der Waals surface area (Å²) in [6, 6.07) is 7.80. The van der Waals surface area contributed by atoms with Crippen molar-refractivity contribution < 1.29 is 24.0 Å². The predicted octanol–water partition coefficient (Wildman–Crippen LogP) is 5.23. The highest BCUT2D eigenvalue weighted by Crippen LogP contribution is 2.25. The van der Waals surface area contributed by atoms with Crippen LogP contribution in [0.3, 0.4) is 0 Å². The topological polar surface area (TPSA) is 57.0 Å². The second kappa shape index (κ2) is 14.3. The lowest BCUT2D eigenvalue weighted by Gasteiger charge is -2.18. The molecule has 0 spiro atoms. The molecule has 11 heteroatoms. The maximum atomic E-state index is 12.5. The standard InChI is InChI=1S/C20H17I6NO4/c1-2-27(5-7-30-19(28)12-9-11(21)10-15(24)17(12)25)6-8-31-20(29)16-13(22)3-4-14(23)18(16)26/h3-4,9-10H,2,5-8H2,1H3/p+1. The summed E-state index contributed by atoms with van der Waals surface area (Å²) in [7, 11) is 0. The van der Waals surface area contributed by atoms with Crippen molar-refractivity contribution in [1.82, 2.24) is 0 Å². The molecule has 1 unspecified atom stereocenters. The minimum absolute atomic E-state index is 0.294. The van der Waals surface area contributed by atoms with Gasteiger partial charge in [0.2, 0.25) is 0 Å². The summed E-state index contributed by atoms with van der Waals surface area (Å²) in [5.74, 6) is -0.595. The number of carbonyl (C=O) groups excluding carboxylic acids is 2. The molecule has 168 valence electrons. The Labute approximate surface area is 263 Å². The molecule has 0 radical (unpaired) electrons. The number of nitrogens with one attached hydrogen (secondary N) is 1. The van der Waals surface area contributed by atoms with E-state index in [0.717, 1.165) is 28.0 Å². The molecule has 2 aromatic rings. The number of ether oxygens (including phenoxy) is 2. The van der Waals surface area contributed by atoms with Crippen LogP contribution in [0.15, 0.2) is 24.3 Å². The van der Waals surface area contributed by atoms with E-state index in [1.54, 1.807) is 0 Å². The average Bonchev–Trinajstić information content (AvgIpc) is 2.72. The zero-order valence-corrected chi connectivity index (χ0v) is 29.2. The molecule has 1 atom stereocenters. The average molecular weight is 1100 g/mol. The number of quaternary nitrogens is 1. The van der Waals surface area contributed by atoms with E-state index < -0.39 is 0 Å². The van der Waals surface area contributed by atoms with E-state index in [2.05, 4.69) is 142 Å². The lowest BCUT2D eigenvalue weighted by molar-refractivity contribution is -0.898. The summed E-state index contributed by atoms with van der Waals surface area (Å²) in [5.41, 5.74) is 1.23. The van der Waals surface area contributed by atoms with Gasteiger partial charge in [-0.05, 0) is 167 Å². The summed E-state index contributed by atoms with van der Waals surface area (Å²) in [4.78, 5) is 26.2. The van der Waals surface area contributed by atoms with Gasteiger partial charge < -0.3 is 14.4 Å². The van der Waals surface area contributed by atoms with Crippen molar-refractivity contribution in [3.05, 3.63) is 56.8 Å². The van der Waals surface area contributed by atoms with E-state index in [1.807, 2.05) is 24.3 Å². The Balaban J connectivity index is 1.84. The molecule has 0 heterocycles.